The number of rotatable bonds is 2. The fourth-order valence-electron chi connectivity index (χ4n) is 2.35. The van der Waals surface area contributed by atoms with Crippen LogP contribution in [0.1, 0.15) is 34.1 Å². The third kappa shape index (κ3) is 2.99. The van der Waals surface area contributed by atoms with Crippen molar-refractivity contribution in [2.45, 2.75) is 19.4 Å². The third-order valence-electron chi connectivity index (χ3n) is 3.80. The van der Waals surface area contributed by atoms with Gasteiger partial charge in [0.25, 0.3) is 11.8 Å². The van der Waals surface area contributed by atoms with Crippen LogP contribution in [-0.4, -0.2) is 48.1 Å². The first kappa shape index (κ1) is 14.5. The summed E-state index contributed by atoms with van der Waals surface area (Å²) in [6, 6.07) is 6.65. The van der Waals surface area contributed by atoms with E-state index >= 15 is 0 Å². The van der Waals surface area contributed by atoms with E-state index in [1.54, 1.807) is 36.2 Å². The molecule has 1 aromatic carbocycles. The van der Waals surface area contributed by atoms with E-state index in [9.17, 15) is 14.7 Å². The van der Waals surface area contributed by atoms with Gasteiger partial charge in [0.2, 0.25) is 0 Å². The van der Waals surface area contributed by atoms with Crippen LogP contribution in [0.2, 0.25) is 0 Å². The standard InChI is InChI=1S/C15H20N2O3/c1-10-6-7-17(9-13(10)18)15(20)12-5-3-4-11(8-12)14(19)16-2/h3-5,8,10,13,18H,6-7,9H2,1-2H3,(H,16,19). The molecule has 1 fully saturated rings. The van der Waals surface area contributed by atoms with Crippen molar-refractivity contribution in [1.82, 2.24) is 10.2 Å². The van der Waals surface area contributed by atoms with Crippen LogP contribution >= 0.6 is 0 Å². The van der Waals surface area contributed by atoms with E-state index in [2.05, 4.69) is 5.32 Å². The topological polar surface area (TPSA) is 69.6 Å². The van der Waals surface area contributed by atoms with Crippen LogP contribution in [0.15, 0.2) is 24.3 Å². The van der Waals surface area contributed by atoms with Gasteiger partial charge in [-0.3, -0.25) is 9.59 Å². The minimum absolute atomic E-state index is 0.137. The first-order valence-corrected chi connectivity index (χ1v) is 6.82. The molecule has 0 spiro atoms. The number of benzene rings is 1. The Morgan fingerprint density at radius 3 is 2.70 bits per heavy atom. The number of aliphatic hydroxyl groups is 1. The van der Waals surface area contributed by atoms with Crippen molar-refractivity contribution in [3.05, 3.63) is 35.4 Å². The van der Waals surface area contributed by atoms with E-state index in [0.29, 0.717) is 24.2 Å². The number of carbonyl (C=O) groups is 2. The number of β-amino-alcohol motifs (C(OH)–C–C–N with tert-alkyl or cyclic N) is 1. The van der Waals surface area contributed by atoms with Crippen molar-refractivity contribution in [3.63, 3.8) is 0 Å². The highest BCUT2D eigenvalue weighted by Gasteiger charge is 2.28. The van der Waals surface area contributed by atoms with Crippen LogP contribution in [0, 0.1) is 5.92 Å². The van der Waals surface area contributed by atoms with Gasteiger partial charge in [0.05, 0.1) is 6.10 Å². The van der Waals surface area contributed by atoms with Crippen LogP contribution in [0.25, 0.3) is 0 Å². The molecule has 0 bridgehead atoms. The summed E-state index contributed by atoms with van der Waals surface area (Å²) in [7, 11) is 1.55. The van der Waals surface area contributed by atoms with E-state index in [-0.39, 0.29) is 17.7 Å². The molecule has 1 heterocycles. The lowest BCUT2D eigenvalue weighted by Gasteiger charge is -2.34. The Kier molecular flexibility index (Phi) is 4.39. The van der Waals surface area contributed by atoms with Gasteiger partial charge in [-0.05, 0) is 30.5 Å². The van der Waals surface area contributed by atoms with Gasteiger partial charge in [-0.1, -0.05) is 13.0 Å². The summed E-state index contributed by atoms with van der Waals surface area (Å²) in [6.45, 7) is 2.98. The molecule has 2 rings (SSSR count). The molecule has 0 saturated carbocycles. The monoisotopic (exact) mass is 276 g/mol. The van der Waals surface area contributed by atoms with E-state index in [4.69, 9.17) is 0 Å². The lowest BCUT2D eigenvalue weighted by Crippen LogP contribution is -2.45. The van der Waals surface area contributed by atoms with E-state index in [1.165, 1.54) is 0 Å². The van der Waals surface area contributed by atoms with Crippen LogP contribution in [-0.2, 0) is 0 Å². The van der Waals surface area contributed by atoms with Crippen LogP contribution in [0.5, 0.6) is 0 Å². The minimum Gasteiger partial charge on any atom is -0.391 e. The molecule has 2 N–H and O–H groups in total. The van der Waals surface area contributed by atoms with Crippen LogP contribution in [0.4, 0.5) is 0 Å². The number of hydrogen-bond acceptors (Lipinski definition) is 3. The molecule has 2 amide bonds. The number of amides is 2. The molecular formula is C15H20N2O3. The van der Waals surface area contributed by atoms with Gasteiger partial charge in [-0.2, -0.15) is 0 Å². The summed E-state index contributed by atoms with van der Waals surface area (Å²) >= 11 is 0. The van der Waals surface area contributed by atoms with E-state index < -0.39 is 6.10 Å². The van der Waals surface area contributed by atoms with Gasteiger partial charge in [0, 0.05) is 31.3 Å². The lowest BCUT2D eigenvalue weighted by molar-refractivity contribution is 0.0248. The van der Waals surface area contributed by atoms with Crippen molar-refractivity contribution < 1.29 is 14.7 Å². The quantitative estimate of drug-likeness (QED) is 0.843. The maximum absolute atomic E-state index is 12.4. The predicted octanol–water partition coefficient (Wildman–Crippen LogP) is 0.889. The lowest BCUT2D eigenvalue weighted by atomic mass is 9.95. The van der Waals surface area contributed by atoms with Gasteiger partial charge in [0.1, 0.15) is 0 Å². The average Bonchev–Trinajstić information content (AvgIpc) is 2.48. The number of carbonyl (C=O) groups excluding carboxylic acids is 2. The molecule has 1 aromatic rings. The molecule has 20 heavy (non-hydrogen) atoms. The van der Waals surface area contributed by atoms with E-state index in [1.807, 2.05) is 6.92 Å². The molecule has 5 nitrogen and oxygen atoms in total. The number of hydrogen-bond donors (Lipinski definition) is 2. The maximum atomic E-state index is 12.4. The Balaban J connectivity index is 2.15. The predicted molar refractivity (Wildman–Crippen MR) is 75.5 cm³/mol. The van der Waals surface area contributed by atoms with Gasteiger partial charge >= 0.3 is 0 Å². The highest BCUT2D eigenvalue weighted by molar-refractivity contribution is 5.99. The van der Waals surface area contributed by atoms with Gasteiger partial charge in [-0.25, -0.2) is 0 Å². The first-order valence-electron chi connectivity index (χ1n) is 6.82. The zero-order valence-electron chi connectivity index (χ0n) is 11.8. The Hall–Kier alpha value is -1.88. The third-order valence-corrected chi connectivity index (χ3v) is 3.80. The Bertz CT molecular complexity index is 516. The SMILES string of the molecule is CNC(=O)c1cccc(C(=O)N2CCC(C)C(O)C2)c1. The van der Waals surface area contributed by atoms with Crippen molar-refractivity contribution >= 4 is 11.8 Å². The minimum atomic E-state index is -0.477. The largest absolute Gasteiger partial charge is 0.391 e. The fraction of sp³-hybridized carbons (Fsp3) is 0.467. The number of aliphatic hydroxyl groups excluding tert-OH is 1. The summed E-state index contributed by atoms with van der Waals surface area (Å²) in [5.41, 5.74) is 0.942. The van der Waals surface area contributed by atoms with Crippen LogP contribution < -0.4 is 5.32 Å². The molecule has 1 aliphatic rings. The van der Waals surface area contributed by atoms with E-state index in [0.717, 1.165) is 6.42 Å². The maximum Gasteiger partial charge on any atom is 0.253 e. The second-order valence-electron chi connectivity index (χ2n) is 5.24. The molecule has 2 atom stereocenters. The smallest absolute Gasteiger partial charge is 0.253 e. The van der Waals surface area contributed by atoms with Gasteiger partial charge < -0.3 is 15.3 Å². The second kappa shape index (κ2) is 6.05. The molecule has 0 aromatic heterocycles. The molecule has 5 heteroatoms. The van der Waals surface area contributed by atoms with Crippen LogP contribution in [0.3, 0.4) is 0 Å². The molecule has 1 saturated heterocycles. The second-order valence-corrected chi connectivity index (χ2v) is 5.24. The Labute approximate surface area is 118 Å². The summed E-state index contributed by atoms with van der Waals surface area (Å²) in [4.78, 5) is 25.6. The van der Waals surface area contributed by atoms with Crippen molar-refractivity contribution in [2.24, 2.45) is 5.92 Å². The normalized spacial score (nSPS) is 22.4. The highest BCUT2D eigenvalue weighted by atomic mass is 16.3. The zero-order chi connectivity index (χ0) is 14.7. The summed E-state index contributed by atoms with van der Waals surface area (Å²) in [6.07, 6.45) is 0.317. The molecule has 1 aliphatic heterocycles. The number of nitrogens with one attached hydrogen (secondary N) is 1. The van der Waals surface area contributed by atoms with Gasteiger partial charge in [-0.15, -0.1) is 0 Å². The summed E-state index contributed by atoms with van der Waals surface area (Å²) < 4.78 is 0. The van der Waals surface area contributed by atoms with Crippen molar-refractivity contribution in [2.75, 3.05) is 20.1 Å². The zero-order valence-corrected chi connectivity index (χ0v) is 11.8. The van der Waals surface area contributed by atoms with Gasteiger partial charge in [0.15, 0.2) is 0 Å². The number of piperidine rings is 1. The molecular weight excluding hydrogens is 256 g/mol. The Morgan fingerprint density at radius 1 is 1.35 bits per heavy atom. The number of likely N-dealkylation sites (tertiary alicyclic amines) is 1. The summed E-state index contributed by atoms with van der Waals surface area (Å²) in [5, 5.41) is 12.4. The molecule has 0 radical (unpaired) electrons. The van der Waals surface area contributed by atoms with Crippen molar-refractivity contribution in [3.8, 4) is 0 Å². The molecule has 2 unspecified atom stereocenters. The summed E-state index contributed by atoms with van der Waals surface area (Å²) in [5.74, 6) is -0.134. The highest BCUT2D eigenvalue weighted by Crippen LogP contribution is 2.19. The molecule has 0 aliphatic carbocycles. The van der Waals surface area contributed by atoms with Crippen molar-refractivity contribution in [1.29, 1.82) is 0 Å². The number of nitrogens with zero attached hydrogens (tertiary/aromatic N) is 1. The first-order chi connectivity index (χ1) is 9.52. The average molecular weight is 276 g/mol. The molecule has 108 valence electrons. The Morgan fingerprint density at radius 2 is 2.05 bits per heavy atom. The fourth-order valence-corrected chi connectivity index (χ4v) is 2.35.